The minimum Gasteiger partial charge on any atom is -0.464 e. The maximum Gasteiger partial charge on any atom is 0.324 e. The number of carbonyl (C=O) groups is 1. The molecule has 7 heteroatoms. The van der Waals surface area contributed by atoms with Crippen molar-refractivity contribution in [1.82, 2.24) is 4.72 Å². The van der Waals surface area contributed by atoms with Crippen molar-refractivity contribution in [3.05, 3.63) is 28.7 Å². The molecule has 5 nitrogen and oxygen atoms in total. The van der Waals surface area contributed by atoms with Gasteiger partial charge in [-0.25, -0.2) is 8.42 Å². The van der Waals surface area contributed by atoms with Crippen molar-refractivity contribution < 1.29 is 17.9 Å². The van der Waals surface area contributed by atoms with Crippen LogP contribution < -0.4 is 4.72 Å². The minimum absolute atomic E-state index is 0.125. The second kappa shape index (κ2) is 4.75. The van der Waals surface area contributed by atoms with Gasteiger partial charge in [-0.1, -0.05) is 15.9 Å². The Labute approximate surface area is 107 Å². The molecule has 0 saturated carbocycles. The first-order valence-electron chi connectivity index (χ1n) is 4.93. The number of ether oxygens (including phenoxy) is 1. The Bertz CT molecular complexity index is 526. The van der Waals surface area contributed by atoms with E-state index in [0.717, 1.165) is 4.47 Å². The normalized spacial score (nSPS) is 20.3. The molecule has 17 heavy (non-hydrogen) atoms. The quantitative estimate of drug-likeness (QED) is 0.845. The van der Waals surface area contributed by atoms with Gasteiger partial charge in [0.15, 0.2) is 0 Å². The molecule has 0 aliphatic carbocycles. The Kier molecular flexibility index (Phi) is 3.50. The molecule has 1 saturated heterocycles. The standard InChI is InChI=1S/C10H10BrNO4S/c11-7-1-3-8(4-2-7)17(14,15)12-9-5-6-16-10(9)13/h1-4,9,12H,5-6H2/t9-/m0/s1. The molecular formula is C10H10BrNO4S. The van der Waals surface area contributed by atoms with Crippen molar-refractivity contribution in [3.63, 3.8) is 0 Å². The van der Waals surface area contributed by atoms with E-state index in [1.165, 1.54) is 12.1 Å². The fraction of sp³-hybridized carbons (Fsp3) is 0.300. The van der Waals surface area contributed by atoms with Gasteiger partial charge in [0.1, 0.15) is 6.04 Å². The largest absolute Gasteiger partial charge is 0.464 e. The molecule has 1 aliphatic rings. The fourth-order valence-electron chi connectivity index (χ4n) is 1.47. The fourth-order valence-corrected chi connectivity index (χ4v) is 2.96. The predicted octanol–water partition coefficient (Wildman–Crippen LogP) is 1.04. The third kappa shape index (κ3) is 2.85. The summed E-state index contributed by atoms with van der Waals surface area (Å²) in [4.78, 5) is 11.3. The van der Waals surface area contributed by atoms with Crippen LogP contribution in [0.5, 0.6) is 0 Å². The Morgan fingerprint density at radius 2 is 1.94 bits per heavy atom. The van der Waals surface area contributed by atoms with Crippen molar-refractivity contribution in [3.8, 4) is 0 Å². The number of halogens is 1. The highest BCUT2D eigenvalue weighted by Gasteiger charge is 2.31. The van der Waals surface area contributed by atoms with Gasteiger partial charge in [-0.3, -0.25) is 4.79 Å². The molecule has 1 atom stereocenters. The van der Waals surface area contributed by atoms with E-state index in [1.807, 2.05) is 0 Å². The van der Waals surface area contributed by atoms with Crippen LogP contribution in [-0.2, 0) is 19.6 Å². The lowest BCUT2D eigenvalue weighted by atomic mass is 10.3. The first-order valence-corrected chi connectivity index (χ1v) is 7.21. The molecular weight excluding hydrogens is 310 g/mol. The van der Waals surface area contributed by atoms with Gasteiger partial charge in [-0.15, -0.1) is 0 Å². The molecule has 1 aromatic rings. The number of carbonyl (C=O) groups excluding carboxylic acids is 1. The van der Waals surface area contributed by atoms with E-state index in [0.29, 0.717) is 6.42 Å². The van der Waals surface area contributed by atoms with Crippen LogP contribution in [0.3, 0.4) is 0 Å². The van der Waals surface area contributed by atoms with Crippen LogP contribution >= 0.6 is 15.9 Å². The van der Waals surface area contributed by atoms with Crippen molar-refractivity contribution in [2.24, 2.45) is 0 Å². The summed E-state index contributed by atoms with van der Waals surface area (Å²) in [5.41, 5.74) is 0. The zero-order valence-electron chi connectivity index (χ0n) is 8.72. The van der Waals surface area contributed by atoms with E-state index < -0.39 is 22.0 Å². The summed E-state index contributed by atoms with van der Waals surface area (Å²) in [6.45, 7) is 0.256. The number of rotatable bonds is 3. The van der Waals surface area contributed by atoms with Crippen LogP contribution in [0.25, 0.3) is 0 Å². The van der Waals surface area contributed by atoms with Gasteiger partial charge in [-0.05, 0) is 24.3 Å². The lowest BCUT2D eigenvalue weighted by Gasteiger charge is -2.09. The van der Waals surface area contributed by atoms with Crippen LogP contribution in [0.2, 0.25) is 0 Å². The molecule has 1 fully saturated rings. The SMILES string of the molecule is O=C1OCC[C@@H]1NS(=O)(=O)c1ccc(Br)cc1. The molecule has 0 amide bonds. The maximum absolute atomic E-state index is 11.9. The monoisotopic (exact) mass is 319 g/mol. The summed E-state index contributed by atoms with van der Waals surface area (Å²) >= 11 is 3.22. The van der Waals surface area contributed by atoms with Crippen LogP contribution in [0, 0.1) is 0 Å². The summed E-state index contributed by atoms with van der Waals surface area (Å²) in [5, 5.41) is 0. The van der Waals surface area contributed by atoms with Crippen LogP contribution in [0.1, 0.15) is 6.42 Å². The predicted molar refractivity (Wildman–Crippen MR) is 63.8 cm³/mol. The van der Waals surface area contributed by atoms with Gasteiger partial charge in [0.05, 0.1) is 11.5 Å². The Morgan fingerprint density at radius 3 is 2.47 bits per heavy atom. The zero-order valence-corrected chi connectivity index (χ0v) is 11.1. The minimum atomic E-state index is -3.67. The van der Waals surface area contributed by atoms with Crippen molar-refractivity contribution >= 4 is 31.9 Å². The number of benzene rings is 1. The van der Waals surface area contributed by atoms with Crippen LogP contribution in [-0.4, -0.2) is 27.0 Å². The second-order valence-electron chi connectivity index (χ2n) is 3.58. The summed E-state index contributed by atoms with van der Waals surface area (Å²) in [5.74, 6) is -0.523. The highest BCUT2D eigenvalue weighted by molar-refractivity contribution is 9.10. The van der Waals surface area contributed by atoms with Gasteiger partial charge in [-0.2, -0.15) is 4.72 Å². The Hall–Kier alpha value is -0.920. The van der Waals surface area contributed by atoms with E-state index in [2.05, 4.69) is 20.7 Å². The topological polar surface area (TPSA) is 72.5 Å². The van der Waals surface area contributed by atoms with E-state index in [-0.39, 0.29) is 11.5 Å². The Morgan fingerprint density at radius 1 is 1.29 bits per heavy atom. The molecule has 2 rings (SSSR count). The van der Waals surface area contributed by atoms with Crippen molar-refractivity contribution in [2.45, 2.75) is 17.4 Å². The van der Waals surface area contributed by atoms with E-state index in [4.69, 9.17) is 4.74 Å². The summed E-state index contributed by atoms with van der Waals surface area (Å²) in [7, 11) is -3.67. The molecule has 0 unspecified atom stereocenters. The van der Waals surface area contributed by atoms with Gasteiger partial charge in [0.2, 0.25) is 10.0 Å². The highest BCUT2D eigenvalue weighted by Crippen LogP contribution is 2.16. The molecule has 1 heterocycles. The van der Waals surface area contributed by atoms with Crippen LogP contribution in [0.4, 0.5) is 0 Å². The number of cyclic esters (lactones) is 1. The molecule has 0 bridgehead atoms. The number of esters is 1. The van der Waals surface area contributed by atoms with E-state index in [1.54, 1.807) is 12.1 Å². The van der Waals surface area contributed by atoms with Crippen LogP contribution in [0.15, 0.2) is 33.6 Å². The third-order valence-corrected chi connectivity index (χ3v) is 4.37. The van der Waals surface area contributed by atoms with Crippen molar-refractivity contribution in [2.75, 3.05) is 6.61 Å². The lowest BCUT2D eigenvalue weighted by Crippen LogP contribution is -2.37. The second-order valence-corrected chi connectivity index (χ2v) is 6.21. The van der Waals surface area contributed by atoms with Gasteiger partial charge in [0, 0.05) is 10.9 Å². The molecule has 0 aromatic heterocycles. The smallest absolute Gasteiger partial charge is 0.324 e. The first-order chi connectivity index (χ1) is 7.99. The molecule has 0 radical (unpaired) electrons. The number of hydrogen-bond donors (Lipinski definition) is 1. The van der Waals surface area contributed by atoms with Gasteiger partial charge in [0.25, 0.3) is 0 Å². The average molecular weight is 320 g/mol. The maximum atomic E-state index is 11.9. The molecule has 0 spiro atoms. The third-order valence-electron chi connectivity index (χ3n) is 2.36. The summed E-state index contributed by atoms with van der Waals surface area (Å²) in [6, 6.07) is 5.41. The molecule has 1 N–H and O–H groups in total. The average Bonchev–Trinajstić information content (AvgIpc) is 2.64. The van der Waals surface area contributed by atoms with Crippen molar-refractivity contribution in [1.29, 1.82) is 0 Å². The van der Waals surface area contributed by atoms with E-state index >= 15 is 0 Å². The Balaban J connectivity index is 2.19. The highest BCUT2D eigenvalue weighted by atomic mass is 79.9. The number of hydrogen-bond acceptors (Lipinski definition) is 4. The summed E-state index contributed by atoms with van der Waals surface area (Å²) < 4.78 is 31.6. The first kappa shape index (κ1) is 12.5. The molecule has 1 aromatic carbocycles. The number of nitrogens with one attached hydrogen (secondary N) is 1. The van der Waals surface area contributed by atoms with Gasteiger partial charge < -0.3 is 4.74 Å². The van der Waals surface area contributed by atoms with Gasteiger partial charge >= 0.3 is 5.97 Å². The number of sulfonamides is 1. The summed E-state index contributed by atoms with van der Waals surface area (Å²) in [6.07, 6.45) is 0.370. The van der Waals surface area contributed by atoms with E-state index in [9.17, 15) is 13.2 Å². The lowest BCUT2D eigenvalue weighted by molar-refractivity contribution is -0.139. The zero-order chi connectivity index (χ0) is 12.5. The molecule has 92 valence electrons. The molecule has 1 aliphatic heterocycles.